The number of benzene rings is 1. The van der Waals surface area contributed by atoms with E-state index in [-0.39, 0.29) is 11.2 Å². The van der Waals surface area contributed by atoms with Crippen LogP contribution in [0.2, 0.25) is 0 Å². The zero-order valence-electron chi connectivity index (χ0n) is 10.0. The van der Waals surface area contributed by atoms with Gasteiger partial charge in [-0.15, -0.1) is 0 Å². The second kappa shape index (κ2) is 4.53. The maximum atomic E-state index is 13.2. The van der Waals surface area contributed by atoms with Gasteiger partial charge in [0.1, 0.15) is 17.3 Å². The third kappa shape index (κ3) is 1.97. The Balaban J connectivity index is 2.56. The van der Waals surface area contributed by atoms with Gasteiger partial charge in [0.15, 0.2) is 0 Å². The van der Waals surface area contributed by atoms with Crippen molar-refractivity contribution in [2.75, 3.05) is 13.7 Å². The van der Waals surface area contributed by atoms with Crippen molar-refractivity contribution < 1.29 is 14.2 Å². The highest BCUT2D eigenvalue weighted by molar-refractivity contribution is 5.50. The summed E-state index contributed by atoms with van der Waals surface area (Å²) in [5.74, 6) is -0.141. The average Bonchev–Trinajstić information content (AvgIpc) is 2.77. The molecule has 1 aromatic carbocycles. The first-order chi connectivity index (χ1) is 8.13. The molecule has 2 rings (SSSR count). The SMILES string of the molecule is COc1cc(F)cc(O)c1C1(CN)CCCC1. The lowest BCUT2D eigenvalue weighted by atomic mass is 9.78. The predicted octanol–water partition coefficient (Wildman–Crippen LogP) is 2.31. The summed E-state index contributed by atoms with van der Waals surface area (Å²) in [4.78, 5) is 0. The molecule has 3 N–H and O–H groups in total. The summed E-state index contributed by atoms with van der Waals surface area (Å²) in [5, 5.41) is 9.98. The molecule has 0 amide bonds. The van der Waals surface area contributed by atoms with Crippen LogP contribution in [0.4, 0.5) is 4.39 Å². The van der Waals surface area contributed by atoms with Crippen molar-refractivity contribution >= 4 is 0 Å². The van der Waals surface area contributed by atoms with E-state index in [0.29, 0.717) is 17.9 Å². The second-order valence-corrected chi connectivity index (χ2v) is 4.69. The molecule has 0 saturated heterocycles. The van der Waals surface area contributed by atoms with E-state index in [0.717, 1.165) is 31.7 Å². The normalized spacial score (nSPS) is 18.3. The van der Waals surface area contributed by atoms with Crippen LogP contribution in [0.15, 0.2) is 12.1 Å². The molecule has 0 bridgehead atoms. The Morgan fingerprint density at radius 2 is 2.06 bits per heavy atom. The molecule has 1 aliphatic carbocycles. The number of ether oxygens (including phenoxy) is 1. The van der Waals surface area contributed by atoms with Crippen molar-refractivity contribution in [1.82, 2.24) is 0 Å². The smallest absolute Gasteiger partial charge is 0.130 e. The number of methoxy groups -OCH3 is 1. The molecule has 0 aliphatic heterocycles. The Morgan fingerprint density at radius 3 is 2.59 bits per heavy atom. The first kappa shape index (κ1) is 12.2. The van der Waals surface area contributed by atoms with Gasteiger partial charge in [0.25, 0.3) is 0 Å². The van der Waals surface area contributed by atoms with Crippen LogP contribution in [0.5, 0.6) is 11.5 Å². The molecular weight excluding hydrogens is 221 g/mol. The Hall–Kier alpha value is -1.29. The van der Waals surface area contributed by atoms with E-state index in [9.17, 15) is 9.50 Å². The van der Waals surface area contributed by atoms with Crippen LogP contribution in [0, 0.1) is 5.82 Å². The summed E-state index contributed by atoms with van der Waals surface area (Å²) in [5.41, 5.74) is 6.28. The van der Waals surface area contributed by atoms with Gasteiger partial charge in [0.05, 0.1) is 7.11 Å². The van der Waals surface area contributed by atoms with Crippen LogP contribution in [-0.4, -0.2) is 18.8 Å². The van der Waals surface area contributed by atoms with E-state index >= 15 is 0 Å². The monoisotopic (exact) mass is 239 g/mol. The van der Waals surface area contributed by atoms with E-state index in [1.165, 1.54) is 13.2 Å². The van der Waals surface area contributed by atoms with Gasteiger partial charge >= 0.3 is 0 Å². The van der Waals surface area contributed by atoms with E-state index in [2.05, 4.69) is 0 Å². The number of nitrogens with two attached hydrogens (primary N) is 1. The summed E-state index contributed by atoms with van der Waals surface area (Å²) in [7, 11) is 1.48. The van der Waals surface area contributed by atoms with Gasteiger partial charge in [-0.3, -0.25) is 0 Å². The van der Waals surface area contributed by atoms with Crippen molar-refractivity contribution in [2.24, 2.45) is 5.73 Å². The third-order valence-corrected chi connectivity index (χ3v) is 3.75. The molecule has 0 radical (unpaired) electrons. The van der Waals surface area contributed by atoms with Gasteiger partial charge in [0, 0.05) is 29.7 Å². The molecule has 0 atom stereocenters. The minimum absolute atomic E-state index is 0.0470. The molecule has 1 fully saturated rings. The maximum absolute atomic E-state index is 13.2. The molecule has 0 unspecified atom stereocenters. The molecule has 0 spiro atoms. The van der Waals surface area contributed by atoms with Gasteiger partial charge in [-0.2, -0.15) is 0 Å². The lowest BCUT2D eigenvalue weighted by molar-refractivity contribution is 0.354. The van der Waals surface area contributed by atoms with Gasteiger partial charge in [-0.25, -0.2) is 4.39 Å². The highest BCUT2D eigenvalue weighted by atomic mass is 19.1. The lowest BCUT2D eigenvalue weighted by Gasteiger charge is -2.30. The average molecular weight is 239 g/mol. The highest BCUT2D eigenvalue weighted by Crippen LogP contribution is 2.48. The lowest BCUT2D eigenvalue weighted by Crippen LogP contribution is -2.32. The molecular formula is C13H18FNO2. The van der Waals surface area contributed by atoms with Crippen molar-refractivity contribution in [3.63, 3.8) is 0 Å². The van der Waals surface area contributed by atoms with Crippen LogP contribution in [0.25, 0.3) is 0 Å². The van der Waals surface area contributed by atoms with Gasteiger partial charge in [0.2, 0.25) is 0 Å². The van der Waals surface area contributed by atoms with Crippen LogP contribution in [0.1, 0.15) is 31.2 Å². The molecule has 1 aliphatic rings. The van der Waals surface area contributed by atoms with Crippen molar-refractivity contribution in [2.45, 2.75) is 31.1 Å². The van der Waals surface area contributed by atoms with Gasteiger partial charge in [-0.05, 0) is 12.8 Å². The number of rotatable bonds is 3. The van der Waals surface area contributed by atoms with E-state index in [1.54, 1.807) is 0 Å². The van der Waals surface area contributed by atoms with E-state index in [1.807, 2.05) is 0 Å². The van der Waals surface area contributed by atoms with Crippen LogP contribution >= 0.6 is 0 Å². The van der Waals surface area contributed by atoms with Crippen LogP contribution in [-0.2, 0) is 5.41 Å². The Morgan fingerprint density at radius 1 is 1.41 bits per heavy atom. The fourth-order valence-electron chi connectivity index (χ4n) is 2.87. The minimum Gasteiger partial charge on any atom is -0.507 e. The molecule has 1 aromatic rings. The molecule has 4 heteroatoms. The molecule has 3 nitrogen and oxygen atoms in total. The zero-order valence-corrected chi connectivity index (χ0v) is 10.0. The quantitative estimate of drug-likeness (QED) is 0.851. The summed E-state index contributed by atoms with van der Waals surface area (Å²) < 4.78 is 18.4. The van der Waals surface area contributed by atoms with Crippen LogP contribution < -0.4 is 10.5 Å². The van der Waals surface area contributed by atoms with Gasteiger partial charge < -0.3 is 15.6 Å². The number of phenolic OH excluding ortho intramolecular Hbond substituents is 1. The number of halogens is 1. The van der Waals surface area contributed by atoms with E-state index < -0.39 is 5.82 Å². The first-order valence-corrected chi connectivity index (χ1v) is 5.90. The molecule has 1 saturated carbocycles. The van der Waals surface area contributed by atoms with Crippen molar-refractivity contribution in [3.8, 4) is 11.5 Å². The standard InChI is InChI=1S/C13H18FNO2/c1-17-11-7-9(14)6-10(16)12(11)13(8-15)4-2-3-5-13/h6-7,16H,2-5,8,15H2,1H3. The van der Waals surface area contributed by atoms with Crippen molar-refractivity contribution in [1.29, 1.82) is 0 Å². The predicted molar refractivity (Wildman–Crippen MR) is 63.8 cm³/mol. The summed E-state index contributed by atoms with van der Waals surface area (Å²) >= 11 is 0. The minimum atomic E-state index is -0.492. The fraction of sp³-hybridized carbons (Fsp3) is 0.538. The number of hydrogen-bond donors (Lipinski definition) is 2. The largest absolute Gasteiger partial charge is 0.507 e. The van der Waals surface area contributed by atoms with E-state index in [4.69, 9.17) is 10.5 Å². The second-order valence-electron chi connectivity index (χ2n) is 4.69. The summed E-state index contributed by atoms with van der Waals surface area (Å²) in [6.07, 6.45) is 3.99. The Labute approximate surface area is 100 Å². The molecule has 17 heavy (non-hydrogen) atoms. The summed E-state index contributed by atoms with van der Waals surface area (Å²) in [6.45, 7) is 0.447. The highest BCUT2D eigenvalue weighted by Gasteiger charge is 2.39. The van der Waals surface area contributed by atoms with Gasteiger partial charge in [-0.1, -0.05) is 12.8 Å². The number of hydrogen-bond acceptors (Lipinski definition) is 3. The first-order valence-electron chi connectivity index (χ1n) is 5.90. The maximum Gasteiger partial charge on any atom is 0.130 e. The Kier molecular flexibility index (Phi) is 3.24. The van der Waals surface area contributed by atoms with Crippen LogP contribution in [0.3, 0.4) is 0 Å². The Bertz CT molecular complexity index is 414. The molecule has 0 heterocycles. The zero-order chi connectivity index (χ0) is 12.5. The topological polar surface area (TPSA) is 55.5 Å². The summed E-state index contributed by atoms with van der Waals surface area (Å²) in [6, 6.07) is 2.44. The number of aromatic hydroxyl groups is 1. The molecule has 94 valence electrons. The van der Waals surface area contributed by atoms with Crippen molar-refractivity contribution in [3.05, 3.63) is 23.5 Å². The number of phenols is 1. The fourth-order valence-corrected chi connectivity index (χ4v) is 2.87. The third-order valence-electron chi connectivity index (χ3n) is 3.75. The molecule has 0 aromatic heterocycles.